The Bertz CT molecular complexity index is 663. The molecule has 0 spiro atoms. The molecule has 0 saturated heterocycles. The molecule has 4 heteroatoms. The molecule has 2 aromatic carbocycles. The maximum Gasteiger partial charge on any atom is 0.141 e. The molecule has 0 radical (unpaired) electrons. The predicted octanol–water partition coefficient (Wildman–Crippen LogP) is 4.12. The van der Waals surface area contributed by atoms with Gasteiger partial charge in [-0.25, -0.2) is 4.39 Å². The maximum atomic E-state index is 13.7. The van der Waals surface area contributed by atoms with Crippen LogP contribution >= 0.6 is 0 Å². The van der Waals surface area contributed by atoms with Crippen molar-refractivity contribution in [3.05, 3.63) is 53.3 Å². The van der Waals surface area contributed by atoms with Crippen LogP contribution in [0, 0.1) is 17.1 Å². The average molecular weight is 300 g/mol. The van der Waals surface area contributed by atoms with Crippen molar-refractivity contribution >= 4 is 0 Å². The van der Waals surface area contributed by atoms with E-state index in [9.17, 15) is 4.39 Å². The molecule has 2 rings (SSSR count). The summed E-state index contributed by atoms with van der Waals surface area (Å²) in [5, 5.41) is 11.8. The average Bonchev–Trinajstić information content (AvgIpc) is 2.56. The minimum Gasteiger partial charge on any atom is -0.496 e. The first-order valence-electron chi connectivity index (χ1n) is 7.21. The standard InChI is InChI=1S/C16H15FN2O.C2H6/c1-19-10-13-4-3-5-14(16(13)20-2)11-6-7-12(9-18)15(17)8-11;1-2/h3-8,19H,10H2,1-2H3;1-2H3. The first-order valence-corrected chi connectivity index (χ1v) is 7.21. The zero-order chi connectivity index (χ0) is 16.5. The van der Waals surface area contributed by atoms with E-state index >= 15 is 0 Å². The number of nitrogens with zero attached hydrogens (tertiary/aromatic N) is 1. The van der Waals surface area contributed by atoms with Crippen molar-refractivity contribution in [3.8, 4) is 22.9 Å². The lowest BCUT2D eigenvalue weighted by Gasteiger charge is -2.13. The van der Waals surface area contributed by atoms with Crippen molar-refractivity contribution in [3.63, 3.8) is 0 Å². The van der Waals surface area contributed by atoms with Crippen LogP contribution in [-0.2, 0) is 6.54 Å². The number of hydrogen-bond donors (Lipinski definition) is 1. The number of para-hydroxylation sites is 1. The summed E-state index contributed by atoms with van der Waals surface area (Å²) >= 11 is 0. The van der Waals surface area contributed by atoms with Gasteiger partial charge in [-0.1, -0.05) is 38.1 Å². The molecule has 0 heterocycles. The lowest BCUT2D eigenvalue weighted by molar-refractivity contribution is 0.410. The number of methoxy groups -OCH3 is 1. The first-order chi connectivity index (χ1) is 10.7. The minimum atomic E-state index is -0.522. The van der Waals surface area contributed by atoms with Crippen molar-refractivity contribution in [2.45, 2.75) is 20.4 Å². The molecule has 116 valence electrons. The van der Waals surface area contributed by atoms with Crippen LogP contribution in [0.15, 0.2) is 36.4 Å². The van der Waals surface area contributed by atoms with E-state index in [4.69, 9.17) is 10.00 Å². The van der Waals surface area contributed by atoms with Crippen LogP contribution in [-0.4, -0.2) is 14.2 Å². The largest absolute Gasteiger partial charge is 0.496 e. The molecule has 0 aliphatic heterocycles. The molecule has 0 aliphatic carbocycles. The topological polar surface area (TPSA) is 45.0 Å². The Morgan fingerprint density at radius 1 is 1.23 bits per heavy atom. The number of benzene rings is 2. The summed E-state index contributed by atoms with van der Waals surface area (Å²) in [6.45, 7) is 4.66. The van der Waals surface area contributed by atoms with Crippen molar-refractivity contribution in [2.75, 3.05) is 14.2 Å². The highest BCUT2D eigenvalue weighted by atomic mass is 19.1. The van der Waals surface area contributed by atoms with E-state index in [1.165, 1.54) is 12.1 Å². The minimum absolute atomic E-state index is 0.0408. The zero-order valence-corrected chi connectivity index (χ0v) is 13.4. The van der Waals surface area contributed by atoms with E-state index in [0.717, 1.165) is 11.1 Å². The van der Waals surface area contributed by atoms with Gasteiger partial charge < -0.3 is 10.1 Å². The van der Waals surface area contributed by atoms with Gasteiger partial charge in [-0.05, 0) is 24.7 Å². The number of rotatable bonds is 4. The lowest BCUT2D eigenvalue weighted by atomic mass is 10.00. The number of nitriles is 1. The smallest absolute Gasteiger partial charge is 0.141 e. The molecule has 0 bridgehead atoms. The number of ether oxygens (including phenoxy) is 1. The molecular weight excluding hydrogens is 279 g/mol. The Morgan fingerprint density at radius 2 is 1.95 bits per heavy atom. The van der Waals surface area contributed by atoms with Gasteiger partial charge in [-0.3, -0.25) is 0 Å². The second kappa shape index (κ2) is 8.81. The van der Waals surface area contributed by atoms with Crippen LogP contribution < -0.4 is 10.1 Å². The van der Waals surface area contributed by atoms with E-state index in [1.54, 1.807) is 13.2 Å². The summed E-state index contributed by atoms with van der Waals surface area (Å²) in [7, 11) is 3.45. The van der Waals surface area contributed by atoms with Crippen LogP contribution in [0.3, 0.4) is 0 Å². The van der Waals surface area contributed by atoms with Crippen LogP contribution in [0.2, 0.25) is 0 Å². The van der Waals surface area contributed by atoms with E-state index in [1.807, 2.05) is 45.2 Å². The second-order valence-electron chi connectivity index (χ2n) is 4.33. The van der Waals surface area contributed by atoms with Gasteiger partial charge in [0.05, 0.1) is 12.7 Å². The molecule has 22 heavy (non-hydrogen) atoms. The Kier molecular flexibility index (Phi) is 7.07. The molecule has 0 amide bonds. The predicted molar refractivity (Wildman–Crippen MR) is 87.2 cm³/mol. The van der Waals surface area contributed by atoms with Crippen LogP contribution in [0.5, 0.6) is 5.75 Å². The SMILES string of the molecule is CC.CNCc1cccc(-c2ccc(C#N)c(F)c2)c1OC. The third-order valence-corrected chi connectivity index (χ3v) is 3.07. The van der Waals surface area contributed by atoms with Gasteiger partial charge in [0.1, 0.15) is 17.6 Å². The fourth-order valence-corrected chi connectivity index (χ4v) is 2.16. The summed E-state index contributed by atoms with van der Waals surface area (Å²) in [5.74, 6) is 0.192. The number of halogens is 1. The number of nitrogens with one attached hydrogen (secondary N) is 1. The molecule has 0 saturated carbocycles. The molecular formula is C18H21FN2O. The highest BCUT2D eigenvalue weighted by Gasteiger charge is 2.12. The normalized spacial score (nSPS) is 9.45. The fraction of sp³-hybridized carbons (Fsp3) is 0.278. The van der Waals surface area contributed by atoms with Crippen molar-refractivity contribution in [1.82, 2.24) is 5.32 Å². The first kappa shape index (κ1) is 17.7. The highest BCUT2D eigenvalue weighted by Crippen LogP contribution is 2.33. The van der Waals surface area contributed by atoms with Gasteiger partial charge in [0.25, 0.3) is 0 Å². The Morgan fingerprint density at radius 3 is 2.50 bits per heavy atom. The Labute approximate surface area is 131 Å². The Balaban J connectivity index is 0.00000116. The van der Waals surface area contributed by atoms with Crippen molar-refractivity contribution < 1.29 is 9.13 Å². The van der Waals surface area contributed by atoms with Gasteiger partial charge in [-0.2, -0.15) is 5.26 Å². The molecule has 0 fully saturated rings. The van der Waals surface area contributed by atoms with Gasteiger partial charge in [0.15, 0.2) is 0 Å². The third kappa shape index (κ3) is 3.84. The van der Waals surface area contributed by atoms with Crippen LogP contribution in [0.1, 0.15) is 25.0 Å². The van der Waals surface area contributed by atoms with E-state index < -0.39 is 5.82 Å². The maximum absolute atomic E-state index is 13.7. The molecule has 0 unspecified atom stereocenters. The summed E-state index contributed by atoms with van der Waals surface area (Å²) in [6.07, 6.45) is 0. The summed E-state index contributed by atoms with van der Waals surface area (Å²) in [6, 6.07) is 12.1. The molecule has 0 atom stereocenters. The summed E-state index contributed by atoms with van der Waals surface area (Å²) in [4.78, 5) is 0. The lowest BCUT2D eigenvalue weighted by Crippen LogP contribution is -2.07. The third-order valence-electron chi connectivity index (χ3n) is 3.07. The molecule has 3 nitrogen and oxygen atoms in total. The van der Waals surface area contributed by atoms with Gasteiger partial charge >= 0.3 is 0 Å². The Hall–Kier alpha value is -2.38. The number of hydrogen-bond acceptors (Lipinski definition) is 3. The van der Waals surface area contributed by atoms with Gasteiger partial charge in [0.2, 0.25) is 0 Å². The molecule has 0 aromatic heterocycles. The zero-order valence-electron chi connectivity index (χ0n) is 13.4. The van der Waals surface area contributed by atoms with Gasteiger partial charge in [-0.15, -0.1) is 0 Å². The molecule has 1 N–H and O–H groups in total. The monoisotopic (exact) mass is 300 g/mol. The van der Waals surface area contributed by atoms with Crippen LogP contribution in [0.25, 0.3) is 11.1 Å². The van der Waals surface area contributed by atoms with E-state index in [2.05, 4.69) is 5.32 Å². The quantitative estimate of drug-likeness (QED) is 0.924. The van der Waals surface area contributed by atoms with E-state index in [-0.39, 0.29) is 5.56 Å². The summed E-state index contributed by atoms with van der Waals surface area (Å²) in [5.41, 5.74) is 2.54. The van der Waals surface area contributed by atoms with Crippen molar-refractivity contribution in [2.24, 2.45) is 0 Å². The summed E-state index contributed by atoms with van der Waals surface area (Å²) < 4.78 is 19.2. The van der Waals surface area contributed by atoms with Gasteiger partial charge in [0, 0.05) is 17.7 Å². The van der Waals surface area contributed by atoms with Crippen molar-refractivity contribution in [1.29, 1.82) is 5.26 Å². The molecule has 2 aromatic rings. The second-order valence-corrected chi connectivity index (χ2v) is 4.33. The van der Waals surface area contributed by atoms with Crippen LogP contribution in [0.4, 0.5) is 4.39 Å². The molecule has 0 aliphatic rings. The highest BCUT2D eigenvalue weighted by molar-refractivity contribution is 5.72. The van der Waals surface area contributed by atoms with E-state index in [0.29, 0.717) is 17.9 Å². The fourth-order valence-electron chi connectivity index (χ4n) is 2.16.